The quantitative estimate of drug-likeness (QED) is 0.669. The minimum Gasteiger partial charge on any atom is -0.489 e. The Morgan fingerprint density at radius 3 is 2.89 bits per heavy atom. The van der Waals surface area contributed by atoms with Crippen molar-refractivity contribution in [1.29, 1.82) is 0 Å². The van der Waals surface area contributed by atoms with Gasteiger partial charge in [0.1, 0.15) is 17.9 Å². The van der Waals surface area contributed by atoms with Crippen LogP contribution in [0.5, 0.6) is 5.75 Å². The third-order valence-electron chi connectivity index (χ3n) is 7.76. The Labute approximate surface area is 206 Å². The molecule has 6 rings (SSSR count). The summed E-state index contributed by atoms with van der Waals surface area (Å²) in [5.41, 5.74) is 6.35. The van der Waals surface area contributed by atoms with Crippen molar-refractivity contribution in [2.45, 2.75) is 69.8 Å². The van der Waals surface area contributed by atoms with Crippen LogP contribution in [-0.4, -0.2) is 34.9 Å². The smallest absolute Gasteiger partial charge is 0.255 e. The van der Waals surface area contributed by atoms with Gasteiger partial charge in [0, 0.05) is 30.4 Å². The molecule has 2 aliphatic heterocycles. The highest BCUT2D eigenvalue weighted by molar-refractivity contribution is 6.01. The van der Waals surface area contributed by atoms with Gasteiger partial charge in [0.25, 0.3) is 5.91 Å². The molecule has 2 N–H and O–H groups in total. The Bertz CT molecular complexity index is 1230. The number of allylic oxidation sites excluding steroid dienone is 2. The molecule has 4 aliphatic rings. The fourth-order valence-electron chi connectivity index (χ4n) is 5.84. The lowest BCUT2D eigenvalue weighted by molar-refractivity contribution is -0.126. The fraction of sp³-hybridized carbons (Fsp3) is 0.379. The molecule has 0 radical (unpaired) electrons. The molecule has 1 saturated carbocycles. The Morgan fingerprint density at radius 2 is 2.00 bits per heavy atom. The van der Waals surface area contributed by atoms with Crippen LogP contribution in [0.2, 0.25) is 0 Å². The number of piperidine rings is 1. The van der Waals surface area contributed by atoms with E-state index >= 15 is 0 Å². The van der Waals surface area contributed by atoms with E-state index in [1.54, 1.807) is 4.90 Å². The highest BCUT2D eigenvalue weighted by Gasteiger charge is 2.38. The van der Waals surface area contributed by atoms with Crippen molar-refractivity contribution < 1.29 is 14.3 Å². The molecule has 6 nitrogen and oxygen atoms in total. The molecule has 1 saturated heterocycles. The highest BCUT2D eigenvalue weighted by atomic mass is 16.5. The van der Waals surface area contributed by atoms with Crippen LogP contribution in [0.1, 0.15) is 64.7 Å². The largest absolute Gasteiger partial charge is 0.489 e. The van der Waals surface area contributed by atoms with Gasteiger partial charge in [-0.05, 0) is 79.0 Å². The maximum absolute atomic E-state index is 13.0. The van der Waals surface area contributed by atoms with E-state index in [-0.39, 0.29) is 17.9 Å². The van der Waals surface area contributed by atoms with Crippen LogP contribution in [0, 0.1) is 0 Å². The van der Waals surface area contributed by atoms with Crippen molar-refractivity contribution in [3.63, 3.8) is 0 Å². The summed E-state index contributed by atoms with van der Waals surface area (Å²) >= 11 is 0. The first-order valence-electron chi connectivity index (χ1n) is 12.7. The molecule has 0 spiro atoms. The van der Waals surface area contributed by atoms with Crippen molar-refractivity contribution in [3.8, 4) is 5.75 Å². The second kappa shape index (κ2) is 9.00. The van der Waals surface area contributed by atoms with Crippen molar-refractivity contribution in [3.05, 3.63) is 82.6 Å². The van der Waals surface area contributed by atoms with Crippen LogP contribution in [0.15, 0.2) is 54.8 Å². The normalized spacial score (nSPS) is 25.1. The third kappa shape index (κ3) is 4.27. The molecule has 2 heterocycles. The maximum atomic E-state index is 13.0. The number of carbonyl (C=O) groups is 2. The number of hydrogen-bond donors (Lipinski definition) is 2. The number of rotatable bonds is 6. The van der Waals surface area contributed by atoms with E-state index in [1.165, 1.54) is 16.7 Å². The number of amides is 2. The van der Waals surface area contributed by atoms with E-state index in [0.29, 0.717) is 31.0 Å². The van der Waals surface area contributed by atoms with Gasteiger partial charge in [0.05, 0.1) is 0 Å². The van der Waals surface area contributed by atoms with Crippen LogP contribution in [-0.2, 0) is 24.3 Å². The number of nitrogens with one attached hydrogen (secondary N) is 2. The van der Waals surface area contributed by atoms with Gasteiger partial charge in [-0.25, -0.2) is 0 Å². The average molecular weight is 470 g/mol. The van der Waals surface area contributed by atoms with Crippen LogP contribution >= 0.6 is 0 Å². The number of nitrogens with zero attached hydrogens (tertiary/aromatic N) is 1. The van der Waals surface area contributed by atoms with E-state index in [4.69, 9.17) is 4.74 Å². The summed E-state index contributed by atoms with van der Waals surface area (Å²) in [6.45, 7) is 5.10. The van der Waals surface area contributed by atoms with E-state index in [0.717, 1.165) is 49.2 Å². The van der Waals surface area contributed by atoms with Gasteiger partial charge < -0.3 is 20.3 Å². The molecular weight excluding hydrogens is 438 g/mol. The van der Waals surface area contributed by atoms with Crippen LogP contribution in [0.4, 0.5) is 0 Å². The molecule has 2 aromatic carbocycles. The van der Waals surface area contributed by atoms with Crippen molar-refractivity contribution >= 4 is 17.9 Å². The molecule has 2 amide bonds. The van der Waals surface area contributed by atoms with Crippen molar-refractivity contribution in [1.82, 2.24) is 15.5 Å². The zero-order chi connectivity index (χ0) is 23.9. The van der Waals surface area contributed by atoms with Gasteiger partial charge in [-0.2, -0.15) is 0 Å². The third-order valence-corrected chi connectivity index (χ3v) is 7.76. The summed E-state index contributed by atoms with van der Waals surface area (Å²) in [6.07, 6.45) is 10.1. The lowest BCUT2D eigenvalue weighted by atomic mass is 10.0. The summed E-state index contributed by atoms with van der Waals surface area (Å²) in [6, 6.07) is 12.3. The molecule has 1 unspecified atom stereocenters. The minimum atomic E-state index is -0.442. The van der Waals surface area contributed by atoms with Gasteiger partial charge >= 0.3 is 0 Å². The van der Waals surface area contributed by atoms with Gasteiger partial charge in [-0.1, -0.05) is 36.9 Å². The van der Waals surface area contributed by atoms with E-state index in [2.05, 4.69) is 47.6 Å². The SMILES string of the molecule is C=C1CCC(N2Cc3cc(O[C@@H]4CCC[C@@H]4NCc4ccc5c(c4)C=CC5)ccc3C2=O)C(=O)N1. The molecule has 35 heavy (non-hydrogen) atoms. The summed E-state index contributed by atoms with van der Waals surface area (Å²) in [5.74, 6) is 0.572. The molecule has 2 aliphatic carbocycles. The molecule has 2 fully saturated rings. The topological polar surface area (TPSA) is 70.7 Å². The second-order valence-corrected chi connectivity index (χ2v) is 10.1. The number of hydrogen-bond acceptors (Lipinski definition) is 4. The van der Waals surface area contributed by atoms with E-state index in [9.17, 15) is 9.59 Å². The summed E-state index contributed by atoms with van der Waals surface area (Å²) in [4.78, 5) is 27.1. The maximum Gasteiger partial charge on any atom is 0.255 e. The fourth-order valence-corrected chi connectivity index (χ4v) is 5.84. The second-order valence-electron chi connectivity index (χ2n) is 10.1. The van der Waals surface area contributed by atoms with Gasteiger partial charge in [0.15, 0.2) is 0 Å². The van der Waals surface area contributed by atoms with Crippen LogP contribution in [0.25, 0.3) is 6.08 Å². The molecule has 3 atom stereocenters. The first-order valence-corrected chi connectivity index (χ1v) is 12.7. The van der Waals surface area contributed by atoms with Crippen LogP contribution < -0.4 is 15.4 Å². The Balaban J connectivity index is 1.10. The lowest BCUT2D eigenvalue weighted by Gasteiger charge is -2.30. The number of carbonyl (C=O) groups excluding carboxylic acids is 2. The molecule has 0 bridgehead atoms. The monoisotopic (exact) mass is 469 g/mol. The highest BCUT2D eigenvalue weighted by Crippen LogP contribution is 2.32. The standard InChI is InChI=1S/C29H31N3O3/c1-18-8-13-26(28(33)31-18)32-17-22-15-23(11-12-24(22)29(32)34)35-27-7-3-6-25(27)30-16-19-9-10-20-4-2-5-21(20)14-19/h2,5,9-12,14-15,25-27,30H,1,3-4,6-8,13,16-17H2,(H,31,33)/t25-,26?,27+/m0/s1. The first-order chi connectivity index (χ1) is 17.0. The Kier molecular flexibility index (Phi) is 5.69. The summed E-state index contributed by atoms with van der Waals surface area (Å²) < 4.78 is 6.43. The van der Waals surface area contributed by atoms with Crippen LogP contribution in [0.3, 0.4) is 0 Å². The van der Waals surface area contributed by atoms with E-state index < -0.39 is 6.04 Å². The van der Waals surface area contributed by atoms with Gasteiger partial charge in [-0.15, -0.1) is 0 Å². The van der Waals surface area contributed by atoms with Crippen molar-refractivity contribution in [2.24, 2.45) is 0 Å². The number of ether oxygens (including phenoxy) is 1. The van der Waals surface area contributed by atoms with Gasteiger partial charge in [-0.3, -0.25) is 9.59 Å². The number of benzene rings is 2. The minimum absolute atomic E-state index is 0.0798. The van der Waals surface area contributed by atoms with Gasteiger partial charge in [0.2, 0.25) is 5.91 Å². The van der Waals surface area contributed by atoms with Crippen molar-refractivity contribution in [2.75, 3.05) is 0 Å². The zero-order valence-corrected chi connectivity index (χ0v) is 19.9. The molecule has 6 heteroatoms. The number of fused-ring (bicyclic) bond motifs is 2. The molecular formula is C29H31N3O3. The average Bonchev–Trinajstić information content (AvgIpc) is 3.57. The summed E-state index contributed by atoms with van der Waals surface area (Å²) in [5, 5.41) is 6.51. The Hall–Kier alpha value is -3.38. The predicted octanol–water partition coefficient (Wildman–Crippen LogP) is 4.09. The van der Waals surface area contributed by atoms with E-state index in [1.807, 2.05) is 18.2 Å². The predicted molar refractivity (Wildman–Crippen MR) is 135 cm³/mol. The zero-order valence-electron chi connectivity index (χ0n) is 19.9. The molecule has 180 valence electrons. The Morgan fingerprint density at radius 1 is 1.09 bits per heavy atom. The molecule has 0 aromatic heterocycles. The molecule has 2 aromatic rings. The first kappa shape index (κ1) is 22.1. The lowest BCUT2D eigenvalue weighted by Crippen LogP contribution is -2.49. The summed E-state index contributed by atoms with van der Waals surface area (Å²) in [7, 11) is 0.